The van der Waals surface area contributed by atoms with Gasteiger partial charge in [-0.3, -0.25) is 0 Å². The number of benzene rings is 9. The molecule has 0 amide bonds. The van der Waals surface area contributed by atoms with Gasteiger partial charge < -0.3 is 4.90 Å². The van der Waals surface area contributed by atoms with Crippen LogP contribution in [0.3, 0.4) is 0 Å². The van der Waals surface area contributed by atoms with Gasteiger partial charge in [0.15, 0.2) is 0 Å². The van der Waals surface area contributed by atoms with E-state index in [2.05, 4.69) is 217 Å². The van der Waals surface area contributed by atoms with Crippen LogP contribution in [-0.4, -0.2) is 0 Å². The fourth-order valence-corrected chi connectivity index (χ4v) is 9.04. The monoisotopic (exact) mass is 705 g/mol. The fourth-order valence-electron chi connectivity index (χ4n) is 7.96. The molecule has 0 radical (unpaired) electrons. The van der Waals surface area contributed by atoms with Gasteiger partial charge in [-0.2, -0.15) is 0 Å². The zero-order valence-electron chi connectivity index (χ0n) is 29.6. The normalized spacial score (nSPS) is 11.3. The Labute approximate surface area is 319 Å². The number of nitrogens with zero attached hydrogens (tertiary/aromatic N) is 1. The highest BCUT2D eigenvalue weighted by atomic mass is 32.1. The molecule has 0 saturated heterocycles. The number of anilines is 3. The quantitative estimate of drug-likeness (QED) is 0.160. The maximum atomic E-state index is 2.46. The van der Waals surface area contributed by atoms with E-state index in [0.717, 1.165) is 17.1 Å². The van der Waals surface area contributed by atoms with Gasteiger partial charge in [-0.05, 0) is 86.8 Å². The van der Waals surface area contributed by atoms with Gasteiger partial charge >= 0.3 is 0 Å². The van der Waals surface area contributed by atoms with E-state index in [0.29, 0.717) is 0 Å². The SMILES string of the molecule is c1ccc(-c2ccccc2-c2c(-c3ccccc3)cccc2N(c2ccc(-c3ccc4sc5ccccc5c4c3)cc2)c2cccc3ccccc23)cc1. The van der Waals surface area contributed by atoms with Gasteiger partial charge in [0.05, 0.1) is 11.4 Å². The van der Waals surface area contributed by atoms with Gasteiger partial charge in [-0.25, -0.2) is 0 Å². The molecule has 10 aromatic rings. The van der Waals surface area contributed by atoms with Crippen molar-refractivity contribution in [2.75, 3.05) is 4.90 Å². The van der Waals surface area contributed by atoms with Crippen molar-refractivity contribution in [3.8, 4) is 44.5 Å². The Morgan fingerprint density at radius 2 is 0.870 bits per heavy atom. The van der Waals surface area contributed by atoms with Gasteiger partial charge in [-0.15, -0.1) is 11.3 Å². The molecule has 0 N–H and O–H groups in total. The lowest BCUT2D eigenvalue weighted by atomic mass is 9.87. The molecule has 54 heavy (non-hydrogen) atoms. The van der Waals surface area contributed by atoms with E-state index >= 15 is 0 Å². The highest BCUT2D eigenvalue weighted by Crippen LogP contribution is 2.49. The summed E-state index contributed by atoms with van der Waals surface area (Å²) in [7, 11) is 0. The van der Waals surface area contributed by atoms with E-state index in [9.17, 15) is 0 Å². The van der Waals surface area contributed by atoms with E-state index in [-0.39, 0.29) is 0 Å². The molecule has 10 rings (SSSR count). The Bertz CT molecular complexity index is 2920. The molecule has 0 unspecified atom stereocenters. The first kappa shape index (κ1) is 32.0. The molecule has 1 nitrogen and oxygen atoms in total. The Kier molecular flexibility index (Phi) is 8.09. The lowest BCUT2D eigenvalue weighted by molar-refractivity contribution is 1.30. The molecular formula is C52H35NS. The van der Waals surface area contributed by atoms with Crippen LogP contribution in [0.1, 0.15) is 0 Å². The van der Waals surface area contributed by atoms with Crippen LogP contribution < -0.4 is 4.90 Å². The summed E-state index contributed by atoms with van der Waals surface area (Å²) in [6, 6.07) is 77.2. The van der Waals surface area contributed by atoms with Crippen molar-refractivity contribution in [3.05, 3.63) is 212 Å². The summed E-state index contributed by atoms with van der Waals surface area (Å²) < 4.78 is 2.65. The molecule has 0 atom stereocenters. The highest BCUT2D eigenvalue weighted by molar-refractivity contribution is 7.25. The van der Waals surface area contributed by atoms with Crippen LogP contribution >= 0.6 is 11.3 Å². The van der Waals surface area contributed by atoms with Crippen molar-refractivity contribution in [2.24, 2.45) is 0 Å². The van der Waals surface area contributed by atoms with Gasteiger partial charge in [0, 0.05) is 36.8 Å². The number of hydrogen-bond donors (Lipinski definition) is 0. The lowest BCUT2D eigenvalue weighted by Crippen LogP contribution is -2.12. The third-order valence-electron chi connectivity index (χ3n) is 10.5. The second kappa shape index (κ2) is 13.7. The predicted molar refractivity (Wildman–Crippen MR) is 233 cm³/mol. The smallest absolute Gasteiger partial charge is 0.0546 e. The third kappa shape index (κ3) is 5.65. The van der Waals surface area contributed by atoms with E-state index in [1.54, 1.807) is 0 Å². The van der Waals surface area contributed by atoms with Crippen LogP contribution in [-0.2, 0) is 0 Å². The summed E-state index contributed by atoms with van der Waals surface area (Å²) >= 11 is 1.86. The van der Waals surface area contributed by atoms with Gasteiger partial charge in [0.2, 0.25) is 0 Å². The minimum absolute atomic E-state index is 1.10. The largest absolute Gasteiger partial charge is 0.309 e. The van der Waals surface area contributed by atoms with Crippen LogP contribution in [0, 0.1) is 0 Å². The van der Waals surface area contributed by atoms with Crippen molar-refractivity contribution >= 4 is 59.3 Å². The second-order valence-corrected chi connectivity index (χ2v) is 14.8. The van der Waals surface area contributed by atoms with Crippen molar-refractivity contribution in [3.63, 3.8) is 0 Å². The Balaban J connectivity index is 1.21. The summed E-state index contributed by atoms with van der Waals surface area (Å²) in [5.74, 6) is 0. The summed E-state index contributed by atoms with van der Waals surface area (Å²) in [6.45, 7) is 0. The summed E-state index contributed by atoms with van der Waals surface area (Å²) in [5, 5.41) is 5.04. The Morgan fingerprint density at radius 1 is 0.315 bits per heavy atom. The van der Waals surface area contributed by atoms with E-state index < -0.39 is 0 Å². The van der Waals surface area contributed by atoms with Crippen LogP contribution in [0.2, 0.25) is 0 Å². The van der Waals surface area contributed by atoms with Crippen molar-refractivity contribution in [1.82, 2.24) is 0 Å². The molecule has 0 fully saturated rings. The van der Waals surface area contributed by atoms with Crippen LogP contribution in [0.4, 0.5) is 17.1 Å². The third-order valence-corrected chi connectivity index (χ3v) is 11.6. The topological polar surface area (TPSA) is 3.24 Å². The van der Waals surface area contributed by atoms with Gasteiger partial charge in [0.1, 0.15) is 0 Å². The highest BCUT2D eigenvalue weighted by Gasteiger charge is 2.23. The minimum Gasteiger partial charge on any atom is -0.309 e. The molecule has 0 aliphatic carbocycles. The standard InChI is InChI=1S/C52H35NS/c1-3-15-37(16-4-1)42-21-9-10-24-46(42)52-44(39-17-5-2-6-18-39)25-14-27-49(52)53(48-26-13-20-38-19-7-8-22-43(38)48)41-32-29-36(30-33-41)40-31-34-51-47(35-40)45-23-11-12-28-50(45)54-51/h1-35H. The number of rotatable bonds is 7. The Morgan fingerprint density at radius 3 is 1.67 bits per heavy atom. The lowest BCUT2D eigenvalue weighted by Gasteiger charge is -2.31. The first-order chi connectivity index (χ1) is 26.8. The van der Waals surface area contributed by atoms with E-state index in [4.69, 9.17) is 0 Å². The molecule has 0 aliphatic rings. The molecular weight excluding hydrogens is 671 g/mol. The summed E-state index contributed by atoms with van der Waals surface area (Å²) in [5.41, 5.74) is 12.9. The van der Waals surface area contributed by atoms with Crippen LogP contribution in [0.25, 0.3) is 75.5 Å². The van der Waals surface area contributed by atoms with Crippen molar-refractivity contribution in [1.29, 1.82) is 0 Å². The van der Waals surface area contributed by atoms with Crippen molar-refractivity contribution in [2.45, 2.75) is 0 Å². The molecule has 9 aromatic carbocycles. The molecule has 0 aliphatic heterocycles. The maximum absolute atomic E-state index is 2.46. The van der Waals surface area contributed by atoms with Gasteiger partial charge in [-0.1, -0.05) is 170 Å². The maximum Gasteiger partial charge on any atom is 0.0546 e. The Hall–Kier alpha value is -6.74. The number of hydrogen-bond acceptors (Lipinski definition) is 2. The second-order valence-electron chi connectivity index (χ2n) is 13.7. The summed E-state index contributed by atoms with van der Waals surface area (Å²) in [4.78, 5) is 2.46. The average molecular weight is 706 g/mol. The first-order valence-electron chi connectivity index (χ1n) is 18.4. The molecule has 254 valence electrons. The zero-order valence-corrected chi connectivity index (χ0v) is 30.4. The molecule has 2 heteroatoms. The minimum atomic E-state index is 1.10. The molecule has 0 bridgehead atoms. The van der Waals surface area contributed by atoms with Crippen LogP contribution in [0.5, 0.6) is 0 Å². The number of fused-ring (bicyclic) bond motifs is 4. The van der Waals surface area contributed by atoms with E-state index in [1.165, 1.54) is 75.5 Å². The fraction of sp³-hybridized carbons (Fsp3) is 0. The van der Waals surface area contributed by atoms with Crippen LogP contribution in [0.15, 0.2) is 212 Å². The zero-order chi connectivity index (χ0) is 35.8. The average Bonchev–Trinajstić information content (AvgIpc) is 3.63. The number of thiophene rings is 1. The molecule has 0 saturated carbocycles. The predicted octanol–water partition coefficient (Wildman–Crippen LogP) is 15.3. The van der Waals surface area contributed by atoms with E-state index in [1.807, 2.05) is 11.3 Å². The molecule has 1 aromatic heterocycles. The summed E-state index contributed by atoms with van der Waals surface area (Å²) in [6.07, 6.45) is 0. The van der Waals surface area contributed by atoms with Gasteiger partial charge in [0.25, 0.3) is 0 Å². The first-order valence-corrected chi connectivity index (χ1v) is 19.2. The molecule has 0 spiro atoms. The van der Waals surface area contributed by atoms with Crippen molar-refractivity contribution < 1.29 is 0 Å². The molecule has 1 heterocycles.